The first kappa shape index (κ1) is 22.8. The van der Waals surface area contributed by atoms with E-state index in [1.54, 1.807) is 0 Å². The topological polar surface area (TPSA) is 37.4 Å². The lowest BCUT2D eigenvalue weighted by atomic mass is 9.63. The number of Topliss-reactive ketones (excluding diaryl/α,β-unsaturated/α-hetero) is 2. The summed E-state index contributed by atoms with van der Waals surface area (Å²) in [6.45, 7) is 12.9. The van der Waals surface area contributed by atoms with Crippen LogP contribution in [-0.2, 0) is 9.59 Å². The van der Waals surface area contributed by atoms with Gasteiger partial charge in [-0.1, -0.05) is 64.1 Å². The van der Waals surface area contributed by atoms with Gasteiger partial charge in [0.1, 0.15) is 0 Å². The second-order valence-electron chi connectivity index (χ2n) is 12.1. The van der Waals surface area contributed by atoms with Gasteiger partial charge in [0.05, 0.1) is 0 Å². The molecule has 0 radical (unpaired) electrons. The summed E-state index contributed by atoms with van der Waals surface area (Å²) in [5, 5.41) is 0. The number of aryl methyl sites for hydroxylation is 2. The Bertz CT molecular complexity index is 1220. The van der Waals surface area contributed by atoms with Gasteiger partial charge in [0, 0.05) is 47.0 Å². The van der Waals surface area contributed by atoms with E-state index in [-0.39, 0.29) is 28.3 Å². The van der Waals surface area contributed by atoms with E-state index in [9.17, 15) is 9.59 Å². The lowest BCUT2D eigenvalue weighted by molar-refractivity contribution is -0.119. The van der Waals surface area contributed by atoms with Gasteiger partial charge in [-0.25, -0.2) is 0 Å². The SMILES string of the molecule is Cc1cccc(N2C3=C(C(=O)CC(C)(C)C3)C(c3ccccc3C)C3=C2CC(C)(C)CC3=O)c1. The van der Waals surface area contributed by atoms with Gasteiger partial charge >= 0.3 is 0 Å². The molecule has 3 nitrogen and oxygen atoms in total. The van der Waals surface area contributed by atoms with Crippen LogP contribution in [0.15, 0.2) is 71.1 Å². The highest BCUT2D eigenvalue weighted by molar-refractivity contribution is 6.08. The summed E-state index contributed by atoms with van der Waals surface area (Å²) in [6.07, 6.45) is 2.65. The normalized spacial score (nSPS) is 22.1. The minimum absolute atomic E-state index is 0.124. The largest absolute Gasteiger partial charge is 0.317 e. The Morgan fingerprint density at radius 2 is 1.29 bits per heavy atom. The molecule has 34 heavy (non-hydrogen) atoms. The molecular formula is C31H35NO2. The standard InChI is InChI=1S/C31H35NO2/c1-19-10-9-12-21(14-19)32-23-15-30(3,4)17-25(33)28(23)27(22-13-8-7-11-20(22)2)29-24(32)16-31(5,6)18-26(29)34/h7-14,27H,15-18H2,1-6H3. The Balaban J connectivity index is 1.86. The molecule has 1 aliphatic heterocycles. The molecule has 0 spiro atoms. The summed E-state index contributed by atoms with van der Waals surface area (Å²) in [6, 6.07) is 16.7. The molecule has 0 aromatic heterocycles. The van der Waals surface area contributed by atoms with Crippen LogP contribution in [0.4, 0.5) is 5.69 Å². The summed E-state index contributed by atoms with van der Waals surface area (Å²) in [4.78, 5) is 30.0. The van der Waals surface area contributed by atoms with E-state index in [1.165, 1.54) is 5.56 Å². The fourth-order valence-electron chi connectivity index (χ4n) is 6.27. The van der Waals surface area contributed by atoms with Gasteiger partial charge in [0.15, 0.2) is 11.6 Å². The molecule has 0 bridgehead atoms. The molecule has 176 valence electrons. The minimum Gasteiger partial charge on any atom is -0.317 e. The van der Waals surface area contributed by atoms with Crippen molar-refractivity contribution in [1.82, 2.24) is 0 Å². The number of nitrogens with zero attached hydrogens (tertiary/aromatic N) is 1. The monoisotopic (exact) mass is 453 g/mol. The fourth-order valence-corrected chi connectivity index (χ4v) is 6.27. The maximum absolute atomic E-state index is 13.9. The van der Waals surface area contributed by atoms with Crippen LogP contribution in [0.3, 0.4) is 0 Å². The maximum Gasteiger partial charge on any atom is 0.162 e. The summed E-state index contributed by atoms with van der Waals surface area (Å²) < 4.78 is 0. The Labute approximate surface area is 203 Å². The molecule has 3 aliphatic rings. The average Bonchev–Trinajstić information content (AvgIpc) is 2.71. The van der Waals surface area contributed by atoms with Gasteiger partial charge in [-0.2, -0.15) is 0 Å². The molecule has 0 atom stereocenters. The van der Waals surface area contributed by atoms with Gasteiger partial charge in [-0.15, -0.1) is 0 Å². The molecule has 2 aromatic carbocycles. The molecule has 2 aliphatic carbocycles. The predicted molar refractivity (Wildman–Crippen MR) is 138 cm³/mol. The zero-order valence-electron chi connectivity index (χ0n) is 21.3. The Morgan fingerprint density at radius 3 is 1.82 bits per heavy atom. The molecule has 1 heterocycles. The first-order valence-corrected chi connectivity index (χ1v) is 12.4. The van der Waals surface area contributed by atoms with Crippen molar-refractivity contribution in [2.75, 3.05) is 4.90 Å². The quantitative estimate of drug-likeness (QED) is 0.483. The lowest BCUT2D eigenvalue weighted by Gasteiger charge is -2.49. The molecular weight excluding hydrogens is 418 g/mol. The van der Waals surface area contributed by atoms with Crippen LogP contribution < -0.4 is 4.90 Å². The van der Waals surface area contributed by atoms with Crippen LogP contribution >= 0.6 is 0 Å². The number of carbonyl (C=O) groups is 2. The van der Waals surface area contributed by atoms with E-state index in [2.05, 4.69) is 82.8 Å². The van der Waals surface area contributed by atoms with E-state index in [0.29, 0.717) is 12.8 Å². The van der Waals surface area contributed by atoms with Crippen molar-refractivity contribution < 1.29 is 9.59 Å². The van der Waals surface area contributed by atoms with E-state index >= 15 is 0 Å². The Hall–Kier alpha value is -2.94. The smallest absolute Gasteiger partial charge is 0.162 e. The van der Waals surface area contributed by atoms with Crippen LogP contribution in [0.5, 0.6) is 0 Å². The highest BCUT2D eigenvalue weighted by Crippen LogP contribution is 2.55. The minimum atomic E-state index is -0.278. The number of carbonyl (C=O) groups excluding carboxylic acids is 2. The zero-order chi connectivity index (χ0) is 24.4. The number of anilines is 1. The first-order chi connectivity index (χ1) is 16.0. The van der Waals surface area contributed by atoms with Gasteiger partial charge in [0.2, 0.25) is 0 Å². The van der Waals surface area contributed by atoms with Crippen molar-refractivity contribution in [2.45, 2.75) is 73.1 Å². The van der Waals surface area contributed by atoms with Crippen molar-refractivity contribution in [2.24, 2.45) is 10.8 Å². The molecule has 0 fully saturated rings. The lowest BCUT2D eigenvalue weighted by Crippen LogP contribution is -2.44. The van der Waals surface area contributed by atoms with Crippen molar-refractivity contribution >= 4 is 17.3 Å². The summed E-state index contributed by atoms with van der Waals surface area (Å²) in [5.74, 6) is 0.0853. The van der Waals surface area contributed by atoms with Crippen LogP contribution in [0.25, 0.3) is 0 Å². The molecule has 0 amide bonds. The molecule has 5 rings (SSSR count). The molecule has 0 saturated carbocycles. The molecule has 0 unspecified atom stereocenters. The number of hydrogen-bond donors (Lipinski definition) is 0. The predicted octanol–water partition coefficient (Wildman–Crippen LogP) is 7.19. The number of allylic oxidation sites excluding steroid dienone is 4. The first-order valence-electron chi connectivity index (χ1n) is 12.4. The molecule has 0 saturated heterocycles. The highest BCUT2D eigenvalue weighted by Gasteiger charge is 2.49. The number of benzene rings is 2. The van der Waals surface area contributed by atoms with Crippen molar-refractivity contribution in [1.29, 1.82) is 0 Å². The van der Waals surface area contributed by atoms with Crippen LogP contribution in [0.1, 0.15) is 76.0 Å². The third-order valence-electron chi connectivity index (χ3n) is 7.67. The van der Waals surface area contributed by atoms with Gasteiger partial charge in [-0.05, 0) is 66.3 Å². The summed E-state index contributed by atoms with van der Waals surface area (Å²) in [5.41, 5.74) is 8.04. The fraction of sp³-hybridized carbons (Fsp3) is 0.419. The average molecular weight is 454 g/mol. The van der Waals surface area contributed by atoms with Gasteiger partial charge in [0.25, 0.3) is 0 Å². The Morgan fingerprint density at radius 1 is 0.735 bits per heavy atom. The third-order valence-corrected chi connectivity index (χ3v) is 7.67. The highest BCUT2D eigenvalue weighted by atomic mass is 16.1. The van der Waals surface area contributed by atoms with Gasteiger partial charge in [-0.3, -0.25) is 9.59 Å². The number of hydrogen-bond acceptors (Lipinski definition) is 3. The van der Waals surface area contributed by atoms with Crippen molar-refractivity contribution in [3.63, 3.8) is 0 Å². The van der Waals surface area contributed by atoms with Crippen molar-refractivity contribution in [3.8, 4) is 0 Å². The van der Waals surface area contributed by atoms with E-state index in [0.717, 1.165) is 52.2 Å². The van der Waals surface area contributed by atoms with Crippen LogP contribution in [0.2, 0.25) is 0 Å². The van der Waals surface area contributed by atoms with E-state index < -0.39 is 0 Å². The number of rotatable bonds is 2. The molecule has 3 heteroatoms. The third kappa shape index (κ3) is 3.76. The second-order valence-corrected chi connectivity index (χ2v) is 12.1. The Kier molecular flexibility index (Phi) is 5.24. The van der Waals surface area contributed by atoms with Gasteiger partial charge < -0.3 is 4.90 Å². The van der Waals surface area contributed by atoms with E-state index in [4.69, 9.17) is 0 Å². The van der Waals surface area contributed by atoms with Crippen LogP contribution in [-0.4, -0.2) is 11.6 Å². The maximum atomic E-state index is 13.9. The second kappa shape index (κ2) is 7.80. The van der Waals surface area contributed by atoms with E-state index in [1.807, 2.05) is 12.1 Å². The van der Waals surface area contributed by atoms with Crippen LogP contribution in [0, 0.1) is 24.7 Å². The summed E-state index contributed by atoms with van der Waals surface area (Å²) in [7, 11) is 0. The number of ketones is 2. The summed E-state index contributed by atoms with van der Waals surface area (Å²) >= 11 is 0. The zero-order valence-corrected chi connectivity index (χ0v) is 21.3. The van der Waals surface area contributed by atoms with Crippen molar-refractivity contribution in [3.05, 3.63) is 87.8 Å². The molecule has 0 N–H and O–H groups in total. The molecule has 2 aromatic rings.